The molecule has 0 aromatic carbocycles. The Balaban J connectivity index is 4.08. The van der Waals surface area contributed by atoms with E-state index in [1.807, 2.05) is 14.1 Å². The van der Waals surface area contributed by atoms with E-state index in [1.165, 1.54) is 6.08 Å². The molecule has 1 amide bonds. The number of rotatable bonds is 3. The maximum absolute atomic E-state index is 11.0. The molecular formula is C8H15NO+. The smallest absolute Gasteiger partial charge is 0.261 e. The van der Waals surface area contributed by atoms with Crippen molar-refractivity contribution in [2.75, 3.05) is 20.6 Å². The van der Waals surface area contributed by atoms with E-state index in [0.717, 1.165) is 13.0 Å². The summed E-state index contributed by atoms with van der Waals surface area (Å²) in [6.07, 6.45) is 2.13. The van der Waals surface area contributed by atoms with Gasteiger partial charge >= 0.3 is 5.91 Å². The molecular weight excluding hydrogens is 126 g/mol. The molecule has 2 nitrogen and oxygen atoms in total. The molecule has 0 aliphatic rings. The minimum Gasteiger partial charge on any atom is -0.261 e. The fourth-order valence-corrected chi connectivity index (χ4v) is 0.753. The second kappa shape index (κ2) is 3.52. The molecule has 1 radical (unpaired) electrons. The number of nitrogens with zero attached hydrogens (tertiary/aromatic N) is 1. The Morgan fingerprint density at radius 1 is 1.60 bits per heavy atom. The van der Waals surface area contributed by atoms with Crippen LogP contribution in [0.25, 0.3) is 0 Å². The highest BCUT2D eigenvalue weighted by atomic mass is 16.2. The van der Waals surface area contributed by atoms with Gasteiger partial charge in [-0.3, -0.25) is 4.48 Å². The Morgan fingerprint density at radius 2 is 2.10 bits per heavy atom. The SMILES string of the molecule is [CH2]CC[N+](C)(C)C(=O)C=C. The van der Waals surface area contributed by atoms with Crippen molar-refractivity contribution in [3.05, 3.63) is 19.6 Å². The van der Waals surface area contributed by atoms with Gasteiger partial charge in [-0.25, -0.2) is 4.79 Å². The summed E-state index contributed by atoms with van der Waals surface area (Å²) >= 11 is 0. The fourth-order valence-electron chi connectivity index (χ4n) is 0.753. The highest BCUT2D eigenvalue weighted by Gasteiger charge is 2.20. The third kappa shape index (κ3) is 2.31. The summed E-state index contributed by atoms with van der Waals surface area (Å²) in [5, 5.41) is 0. The zero-order valence-corrected chi connectivity index (χ0v) is 6.76. The van der Waals surface area contributed by atoms with Crippen LogP contribution in [0.2, 0.25) is 0 Å². The number of likely N-dealkylation sites (N-methyl/N-ethyl adjacent to an activating group) is 1. The lowest BCUT2D eigenvalue weighted by molar-refractivity contribution is -0.810. The zero-order chi connectivity index (χ0) is 8.20. The molecule has 0 spiro atoms. The van der Waals surface area contributed by atoms with Crippen molar-refractivity contribution in [3.8, 4) is 0 Å². The summed E-state index contributed by atoms with van der Waals surface area (Å²) in [6, 6.07) is 0. The zero-order valence-electron chi connectivity index (χ0n) is 6.76. The third-order valence-corrected chi connectivity index (χ3v) is 1.49. The predicted octanol–water partition coefficient (Wildman–Crippen LogP) is 1.000. The van der Waals surface area contributed by atoms with E-state index in [9.17, 15) is 4.79 Å². The average Bonchev–Trinajstić information content (AvgIpc) is 1.86. The van der Waals surface area contributed by atoms with Gasteiger partial charge in [0.05, 0.1) is 20.6 Å². The van der Waals surface area contributed by atoms with Gasteiger partial charge in [-0.15, -0.1) is 0 Å². The molecule has 0 fully saturated rings. The topological polar surface area (TPSA) is 17.1 Å². The lowest BCUT2D eigenvalue weighted by Crippen LogP contribution is -2.44. The Labute approximate surface area is 62.7 Å². The van der Waals surface area contributed by atoms with Crippen molar-refractivity contribution in [3.63, 3.8) is 0 Å². The molecule has 0 saturated carbocycles. The molecule has 0 rings (SSSR count). The van der Waals surface area contributed by atoms with Gasteiger partial charge in [0.25, 0.3) is 0 Å². The Morgan fingerprint density at radius 3 is 2.40 bits per heavy atom. The monoisotopic (exact) mass is 141 g/mol. The molecule has 0 heterocycles. The van der Waals surface area contributed by atoms with Gasteiger partial charge in [0, 0.05) is 6.08 Å². The quantitative estimate of drug-likeness (QED) is 0.423. The van der Waals surface area contributed by atoms with Gasteiger partial charge < -0.3 is 0 Å². The normalized spacial score (nSPS) is 11.1. The molecule has 0 atom stereocenters. The van der Waals surface area contributed by atoms with Gasteiger partial charge in [-0.05, 0) is 13.3 Å². The number of carbonyl (C=O) groups excluding carboxylic acids is 1. The maximum Gasteiger partial charge on any atom is 0.337 e. The van der Waals surface area contributed by atoms with Gasteiger partial charge in [0.2, 0.25) is 0 Å². The van der Waals surface area contributed by atoms with Crippen LogP contribution in [-0.4, -0.2) is 31.0 Å². The van der Waals surface area contributed by atoms with Crippen LogP contribution in [0, 0.1) is 6.92 Å². The predicted molar refractivity (Wildman–Crippen MR) is 42.2 cm³/mol. The molecule has 0 N–H and O–H groups in total. The molecule has 10 heavy (non-hydrogen) atoms. The van der Waals surface area contributed by atoms with Gasteiger partial charge in [0.1, 0.15) is 0 Å². The van der Waals surface area contributed by atoms with Crippen molar-refractivity contribution in [1.82, 2.24) is 0 Å². The Bertz CT molecular complexity index is 138. The lowest BCUT2D eigenvalue weighted by Gasteiger charge is -2.24. The first-order valence-electron chi connectivity index (χ1n) is 3.34. The van der Waals surface area contributed by atoms with E-state index >= 15 is 0 Å². The third-order valence-electron chi connectivity index (χ3n) is 1.49. The molecule has 0 aromatic rings. The molecule has 0 aromatic heterocycles. The summed E-state index contributed by atoms with van der Waals surface area (Å²) in [6.45, 7) is 7.88. The van der Waals surface area contributed by atoms with Crippen molar-refractivity contribution in [2.24, 2.45) is 0 Å². The second-order valence-corrected chi connectivity index (χ2v) is 2.80. The standard InChI is InChI=1S/C8H15NO/c1-5-7-9(3,4)8(10)6-2/h6H,1-2,5,7H2,3-4H3/q+1. The average molecular weight is 141 g/mol. The van der Waals surface area contributed by atoms with Crippen molar-refractivity contribution in [1.29, 1.82) is 0 Å². The van der Waals surface area contributed by atoms with E-state index in [-0.39, 0.29) is 5.91 Å². The number of hydrogen-bond donors (Lipinski definition) is 0. The van der Waals surface area contributed by atoms with Crippen molar-refractivity contribution in [2.45, 2.75) is 6.42 Å². The van der Waals surface area contributed by atoms with E-state index < -0.39 is 0 Å². The summed E-state index contributed by atoms with van der Waals surface area (Å²) in [4.78, 5) is 11.0. The first kappa shape index (κ1) is 9.37. The summed E-state index contributed by atoms with van der Waals surface area (Å²) in [5.74, 6) is 0.0450. The van der Waals surface area contributed by atoms with E-state index in [4.69, 9.17) is 0 Å². The van der Waals surface area contributed by atoms with Crippen LogP contribution in [0.15, 0.2) is 12.7 Å². The van der Waals surface area contributed by atoms with E-state index in [0.29, 0.717) is 4.48 Å². The molecule has 0 saturated heterocycles. The van der Waals surface area contributed by atoms with Crippen LogP contribution < -0.4 is 0 Å². The number of hydrogen-bond acceptors (Lipinski definition) is 1. The van der Waals surface area contributed by atoms with Crippen LogP contribution in [0.4, 0.5) is 0 Å². The number of amides is 1. The minimum atomic E-state index is 0.0450. The highest BCUT2D eigenvalue weighted by molar-refractivity contribution is 5.80. The highest BCUT2D eigenvalue weighted by Crippen LogP contribution is 1.99. The minimum absolute atomic E-state index is 0.0450. The summed E-state index contributed by atoms with van der Waals surface area (Å²) < 4.78 is 0.354. The molecule has 57 valence electrons. The van der Waals surface area contributed by atoms with Crippen LogP contribution in [-0.2, 0) is 4.79 Å². The molecule has 0 unspecified atom stereocenters. The van der Waals surface area contributed by atoms with Gasteiger partial charge in [0.15, 0.2) is 0 Å². The van der Waals surface area contributed by atoms with Crippen LogP contribution >= 0.6 is 0 Å². The summed E-state index contributed by atoms with van der Waals surface area (Å²) in [7, 11) is 3.71. The maximum atomic E-state index is 11.0. The molecule has 0 aliphatic carbocycles. The number of carbonyl (C=O) groups is 1. The number of quaternary nitrogens is 1. The second-order valence-electron chi connectivity index (χ2n) is 2.80. The van der Waals surface area contributed by atoms with Crippen molar-refractivity contribution < 1.29 is 9.28 Å². The summed E-state index contributed by atoms with van der Waals surface area (Å²) in [5.41, 5.74) is 0. The van der Waals surface area contributed by atoms with Gasteiger partial charge in [-0.1, -0.05) is 6.58 Å². The van der Waals surface area contributed by atoms with Crippen LogP contribution in [0.3, 0.4) is 0 Å². The largest absolute Gasteiger partial charge is 0.337 e. The first-order chi connectivity index (χ1) is 4.54. The van der Waals surface area contributed by atoms with Crippen LogP contribution in [0.1, 0.15) is 6.42 Å². The Hall–Kier alpha value is -0.630. The van der Waals surface area contributed by atoms with Crippen molar-refractivity contribution >= 4 is 5.91 Å². The van der Waals surface area contributed by atoms with Gasteiger partial charge in [-0.2, -0.15) is 0 Å². The van der Waals surface area contributed by atoms with Crippen LogP contribution in [0.5, 0.6) is 0 Å². The lowest BCUT2D eigenvalue weighted by atomic mass is 10.3. The molecule has 0 aliphatic heterocycles. The molecule has 0 bridgehead atoms. The Kier molecular flexibility index (Phi) is 3.30. The first-order valence-corrected chi connectivity index (χ1v) is 3.34. The van der Waals surface area contributed by atoms with E-state index in [1.54, 1.807) is 0 Å². The molecule has 2 heteroatoms. The fraction of sp³-hybridized carbons (Fsp3) is 0.500. The van der Waals surface area contributed by atoms with E-state index in [2.05, 4.69) is 13.5 Å².